The number of phenolic OH excluding ortho intramolecular Hbond substituents is 1. The maximum absolute atomic E-state index is 14.4. The first-order valence-electron chi connectivity index (χ1n) is 16.9. The number of methoxy groups -OCH3 is 1. The topological polar surface area (TPSA) is 204 Å². The van der Waals surface area contributed by atoms with Gasteiger partial charge in [-0.1, -0.05) is 30.3 Å². The quantitative estimate of drug-likeness (QED) is 0.0896. The first-order chi connectivity index (χ1) is 23.9. The monoisotopic (exact) mass is 697 g/mol. The third-order valence-electron chi connectivity index (χ3n) is 9.63. The SMILES string of the molecule is COc1cc(/C=C(\C[C@@H]2c3cc(CCO)ccc3CC[C@@H]2CO)C(=O)O[C@@H]2[C@H](OC(C)=O)[C@@H](O)[C@H]3O[C@]2(O)C=C[C@@H]3NC[C@H](C)O)ccc1O. The highest BCUT2D eigenvalue weighted by Gasteiger charge is 2.60. The summed E-state index contributed by atoms with van der Waals surface area (Å²) in [5.41, 5.74) is 3.51. The molecule has 0 aromatic heterocycles. The fourth-order valence-electron chi connectivity index (χ4n) is 7.10. The highest BCUT2D eigenvalue weighted by atomic mass is 16.7. The molecule has 2 bridgehead atoms. The summed E-state index contributed by atoms with van der Waals surface area (Å²) in [6, 6.07) is 9.82. The Morgan fingerprint density at radius 3 is 2.62 bits per heavy atom. The number of benzene rings is 2. The van der Waals surface area contributed by atoms with E-state index in [-0.39, 0.29) is 55.1 Å². The van der Waals surface area contributed by atoms with E-state index in [0.29, 0.717) is 18.4 Å². The van der Waals surface area contributed by atoms with Crippen LogP contribution in [0.25, 0.3) is 6.08 Å². The molecule has 272 valence electrons. The van der Waals surface area contributed by atoms with Crippen LogP contribution < -0.4 is 10.1 Å². The summed E-state index contributed by atoms with van der Waals surface area (Å²) in [5, 5.41) is 66.1. The molecule has 1 fully saturated rings. The normalized spacial score (nSPS) is 29.5. The maximum atomic E-state index is 14.4. The molecule has 50 heavy (non-hydrogen) atoms. The van der Waals surface area contributed by atoms with E-state index in [4.69, 9.17) is 18.9 Å². The average Bonchev–Trinajstić information content (AvgIpc) is 3.08. The Morgan fingerprint density at radius 1 is 1.16 bits per heavy atom. The van der Waals surface area contributed by atoms with Crippen LogP contribution in [0.15, 0.2) is 54.1 Å². The first-order valence-corrected chi connectivity index (χ1v) is 16.9. The predicted octanol–water partition coefficient (Wildman–Crippen LogP) is 1.25. The number of rotatable bonds is 13. The lowest BCUT2D eigenvalue weighted by atomic mass is 9.72. The fraction of sp³-hybridized carbons (Fsp3) is 0.514. The summed E-state index contributed by atoms with van der Waals surface area (Å²) in [7, 11) is 1.39. The minimum atomic E-state index is -2.29. The van der Waals surface area contributed by atoms with Crippen molar-refractivity contribution in [2.45, 2.75) is 87.8 Å². The Bertz CT molecular complexity index is 1590. The summed E-state index contributed by atoms with van der Waals surface area (Å²) in [5.74, 6) is -4.48. The summed E-state index contributed by atoms with van der Waals surface area (Å²) < 4.78 is 22.6. The van der Waals surface area contributed by atoms with Gasteiger partial charge in [0, 0.05) is 32.3 Å². The second-order valence-corrected chi connectivity index (χ2v) is 13.3. The van der Waals surface area contributed by atoms with Gasteiger partial charge in [0.2, 0.25) is 5.79 Å². The van der Waals surface area contributed by atoms with E-state index in [0.717, 1.165) is 30.0 Å². The van der Waals surface area contributed by atoms with Gasteiger partial charge in [0.15, 0.2) is 23.7 Å². The van der Waals surface area contributed by atoms with Crippen LogP contribution in [0.1, 0.15) is 54.9 Å². The number of hydrogen-bond donors (Lipinski definition) is 7. The lowest BCUT2D eigenvalue weighted by molar-refractivity contribution is -0.333. The number of aromatic hydroxyl groups is 1. The highest BCUT2D eigenvalue weighted by molar-refractivity contribution is 5.94. The third kappa shape index (κ3) is 8.21. The molecule has 1 saturated heterocycles. The van der Waals surface area contributed by atoms with Crippen LogP contribution in [0.5, 0.6) is 11.5 Å². The van der Waals surface area contributed by atoms with Crippen LogP contribution in [-0.4, -0.2) is 112 Å². The maximum Gasteiger partial charge on any atom is 0.334 e. The molecule has 2 aromatic carbocycles. The smallest absolute Gasteiger partial charge is 0.334 e. The Kier molecular flexibility index (Phi) is 12.0. The second-order valence-electron chi connectivity index (χ2n) is 13.3. The van der Waals surface area contributed by atoms with Gasteiger partial charge in [-0.25, -0.2) is 4.79 Å². The van der Waals surface area contributed by atoms with Crippen molar-refractivity contribution in [3.8, 4) is 11.5 Å². The molecule has 1 aliphatic carbocycles. The summed E-state index contributed by atoms with van der Waals surface area (Å²) in [4.78, 5) is 26.6. The van der Waals surface area contributed by atoms with Gasteiger partial charge in [0.05, 0.1) is 19.3 Å². The number of carbonyl (C=O) groups excluding carboxylic acids is 2. The average molecular weight is 698 g/mol. The van der Waals surface area contributed by atoms with Gasteiger partial charge < -0.3 is 54.9 Å². The zero-order valence-corrected chi connectivity index (χ0v) is 28.4. The molecule has 9 atom stereocenters. The van der Waals surface area contributed by atoms with Crippen molar-refractivity contribution in [2.75, 3.05) is 26.9 Å². The van der Waals surface area contributed by atoms with Gasteiger partial charge in [0.1, 0.15) is 12.2 Å². The number of nitrogens with one attached hydrogen (secondary N) is 1. The van der Waals surface area contributed by atoms with E-state index in [2.05, 4.69) is 5.32 Å². The van der Waals surface area contributed by atoms with Gasteiger partial charge in [0.25, 0.3) is 0 Å². The molecule has 3 aliphatic rings. The van der Waals surface area contributed by atoms with E-state index >= 15 is 0 Å². The van der Waals surface area contributed by atoms with Gasteiger partial charge in [-0.05, 0) is 91.0 Å². The predicted molar refractivity (Wildman–Crippen MR) is 180 cm³/mol. The molecule has 7 N–H and O–H groups in total. The largest absolute Gasteiger partial charge is 0.504 e. The van der Waals surface area contributed by atoms with Gasteiger partial charge in [-0.15, -0.1) is 0 Å². The van der Waals surface area contributed by atoms with Crippen molar-refractivity contribution < 1.29 is 59.2 Å². The van der Waals surface area contributed by atoms with Gasteiger partial charge in [-0.2, -0.15) is 0 Å². The number of ether oxygens (including phenoxy) is 4. The third-order valence-corrected chi connectivity index (χ3v) is 9.63. The first kappa shape index (κ1) is 37.4. The van der Waals surface area contributed by atoms with Crippen molar-refractivity contribution in [1.82, 2.24) is 5.32 Å². The van der Waals surface area contributed by atoms with E-state index in [1.165, 1.54) is 25.3 Å². The highest BCUT2D eigenvalue weighted by Crippen LogP contribution is 2.43. The second kappa shape index (κ2) is 16.0. The van der Waals surface area contributed by atoms with Crippen LogP contribution in [0.3, 0.4) is 0 Å². The van der Waals surface area contributed by atoms with Gasteiger partial charge in [-0.3, -0.25) is 4.79 Å². The molecule has 2 aliphatic heterocycles. The van der Waals surface area contributed by atoms with Crippen LogP contribution in [0, 0.1) is 5.92 Å². The standard InChI is InChI=1S/C37H47NO12/c1-20(41)18-38-29-10-12-37(46)35(34(48-21(2)42)32(44)33(29)50-37)49-36(45)26(14-23-5-9-30(43)31(16-23)47-3)17-28-25(19-40)8-7-24-6-4-22(11-13-39)15-27(24)28/h4-6,9-10,12,14-16,20,25,28-29,32-35,38-41,43-44,46H,7-8,11,13,17-19H2,1-3H3/b26-14+/t20-,25+,28-,29-,32-,33-,34+,35+,37+/m0/s1. The van der Waals surface area contributed by atoms with Crippen molar-refractivity contribution in [1.29, 1.82) is 0 Å². The van der Waals surface area contributed by atoms with E-state index in [1.807, 2.05) is 18.2 Å². The van der Waals surface area contributed by atoms with Gasteiger partial charge >= 0.3 is 11.9 Å². The number of aliphatic hydroxyl groups excluding tert-OH is 4. The van der Waals surface area contributed by atoms with Crippen molar-refractivity contribution in [3.05, 3.63) is 76.4 Å². The molecule has 5 rings (SSSR count). The van der Waals surface area contributed by atoms with Crippen molar-refractivity contribution in [3.63, 3.8) is 0 Å². The molecule has 0 unspecified atom stereocenters. The number of aliphatic hydroxyl groups is 5. The fourth-order valence-corrected chi connectivity index (χ4v) is 7.10. The Morgan fingerprint density at radius 2 is 1.94 bits per heavy atom. The van der Waals surface area contributed by atoms with Crippen molar-refractivity contribution in [2.24, 2.45) is 5.92 Å². The molecule has 0 spiro atoms. The number of hydrogen-bond acceptors (Lipinski definition) is 13. The number of esters is 2. The summed E-state index contributed by atoms with van der Waals surface area (Å²) in [6.45, 7) is 2.67. The van der Waals surface area contributed by atoms with Crippen LogP contribution in [-0.2, 0) is 36.6 Å². The molecular formula is C37H47NO12. The zero-order chi connectivity index (χ0) is 36.2. The molecule has 13 nitrogen and oxygen atoms in total. The summed E-state index contributed by atoms with van der Waals surface area (Å²) >= 11 is 0. The van der Waals surface area contributed by atoms with E-state index in [1.54, 1.807) is 25.1 Å². The minimum absolute atomic E-state index is 0.0402. The number of fused-ring (bicyclic) bond motifs is 3. The zero-order valence-electron chi connectivity index (χ0n) is 28.4. The van der Waals surface area contributed by atoms with E-state index in [9.17, 15) is 40.2 Å². The number of carbonyl (C=O) groups is 2. The lowest BCUT2D eigenvalue weighted by Crippen LogP contribution is -2.71. The molecule has 2 aromatic rings. The van der Waals surface area contributed by atoms with Crippen molar-refractivity contribution >= 4 is 18.0 Å². The molecule has 0 amide bonds. The molecule has 2 heterocycles. The number of aryl methyl sites for hydroxylation is 1. The van der Waals surface area contributed by atoms with E-state index < -0.39 is 54.3 Å². The Balaban J connectivity index is 1.54. The van der Waals surface area contributed by atoms with Crippen LogP contribution >= 0.6 is 0 Å². The molecule has 13 heteroatoms. The van der Waals surface area contributed by atoms with Crippen LogP contribution in [0.2, 0.25) is 0 Å². The minimum Gasteiger partial charge on any atom is -0.504 e. The van der Waals surface area contributed by atoms with Crippen LogP contribution in [0.4, 0.5) is 0 Å². The lowest BCUT2D eigenvalue weighted by Gasteiger charge is -2.51. The number of phenols is 1. The summed E-state index contributed by atoms with van der Waals surface area (Å²) in [6.07, 6.45) is -0.340. The molecule has 0 saturated carbocycles. The molecule has 0 radical (unpaired) electrons. The molecular weight excluding hydrogens is 650 g/mol. The Hall–Kier alpha value is -3.82. The Labute approximate surface area is 290 Å².